The lowest BCUT2D eigenvalue weighted by atomic mass is 9.80. The second-order valence-electron chi connectivity index (χ2n) is 6.79. The molecule has 0 atom stereocenters. The van der Waals surface area contributed by atoms with E-state index < -0.39 is 10.0 Å². The molecule has 1 aromatic carbocycles. The molecule has 2 aromatic rings. The fourth-order valence-electron chi connectivity index (χ4n) is 3.48. The van der Waals surface area contributed by atoms with Crippen LogP contribution in [0.25, 0.3) is 10.9 Å². The van der Waals surface area contributed by atoms with Crippen molar-refractivity contribution >= 4 is 20.9 Å². The maximum atomic E-state index is 13.0. The number of aromatic nitrogens is 1. The SMILES string of the molecule is COCC1(CNS(=O)(=O)c2ccc(C)c3ncccc23)CCNCC1. The Morgan fingerprint density at radius 1 is 1.28 bits per heavy atom. The number of nitrogens with one attached hydrogen (secondary N) is 2. The van der Waals surface area contributed by atoms with Crippen LogP contribution in [0.15, 0.2) is 35.4 Å². The second-order valence-corrected chi connectivity index (χ2v) is 8.52. The minimum absolute atomic E-state index is 0.161. The van der Waals surface area contributed by atoms with Gasteiger partial charge in [-0.05, 0) is 56.6 Å². The largest absolute Gasteiger partial charge is 0.384 e. The van der Waals surface area contributed by atoms with Crippen molar-refractivity contribution in [3.63, 3.8) is 0 Å². The predicted molar refractivity (Wildman–Crippen MR) is 98.1 cm³/mol. The van der Waals surface area contributed by atoms with Crippen molar-refractivity contribution in [2.45, 2.75) is 24.7 Å². The van der Waals surface area contributed by atoms with E-state index in [9.17, 15) is 8.42 Å². The molecule has 6 nitrogen and oxygen atoms in total. The zero-order valence-corrected chi connectivity index (χ0v) is 15.5. The van der Waals surface area contributed by atoms with Gasteiger partial charge in [0.05, 0.1) is 17.0 Å². The van der Waals surface area contributed by atoms with E-state index in [1.807, 2.05) is 6.92 Å². The zero-order chi connectivity index (χ0) is 17.9. The second kappa shape index (κ2) is 7.37. The van der Waals surface area contributed by atoms with Crippen molar-refractivity contribution in [3.05, 3.63) is 36.0 Å². The molecular weight excluding hydrogens is 338 g/mol. The summed E-state index contributed by atoms with van der Waals surface area (Å²) in [5.41, 5.74) is 1.52. The van der Waals surface area contributed by atoms with Crippen molar-refractivity contribution in [1.29, 1.82) is 0 Å². The first-order valence-corrected chi connectivity index (χ1v) is 9.99. The first kappa shape index (κ1) is 18.3. The topological polar surface area (TPSA) is 80.3 Å². The van der Waals surface area contributed by atoms with Gasteiger partial charge in [-0.25, -0.2) is 13.1 Å². The molecule has 1 aromatic heterocycles. The lowest BCUT2D eigenvalue weighted by Gasteiger charge is -2.37. The van der Waals surface area contributed by atoms with Crippen LogP contribution in [0.2, 0.25) is 0 Å². The molecule has 7 heteroatoms. The van der Waals surface area contributed by atoms with Crippen LogP contribution in [0.4, 0.5) is 0 Å². The summed E-state index contributed by atoms with van der Waals surface area (Å²) in [7, 11) is -1.96. The molecule has 2 heterocycles. The monoisotopic (exact) mass is 363 g/mol. The van der Waals surface area contributed by atoms with Gasteiger partial charge in [0.15, 0.2) is 0 Å². The van der Waals surface area contributed by atoms with Crippen LogP contribution in [-0.2, 0) is 14.8 Å². The first-order chi connectivity index (χ1) is 12.0. The van der Waals surface area contributed by atoms with Crippen molar-refractivity contribution in [2.24, 2.45) is 5.41 Å². The van der Waals surface area contributed by atoms with Gasteiger partial charge in [-0.2, -0.15) is 0 Å². The highest BCUT2D eigenvalue weighted by molar-refractivity contribution is 7.89. The number of piperidine rings is 1. The fraction of sp³-hybridized carbons (Fsp3) is 0.500. The van der Waals surface area contributed by atoms with Gasteiger partial charge in [0.1, 0.15) is 0 Å². The smallest absolute Gasteiger partial charge is 0.241 e. The van der Waals surface area contributed by atoms with E-state index in [1.54, 1.807) is 37.6 Å². The number of pyridine rings is 1. The molecule has 3 rings (SSSR count). The van der Waals surface area contributed by atoms with Gasteiger partial charge < -0.3 is 10.1 Å². The number of hydrogen-bond donors (Lipinski definition) is 2. The van der Waals surface area contributed by atoms with E-state index in [0.29, 0.717) is 18.5 Å². The van der Waals surface area contributed by atoms with Crippen LogP contribution < -0.4 is 10.0 Å². The standard InChI is InChI=1S/C18H25N3O3S/c1-14-5-6-16(15-4-3-9-20-17(14)15)25(22,23)21-12-18(13-24-2)7-10-19-11-8-18/h3-6,9,19,21H,7-8,10-13H2,1-2H3. The normalized spacial score (nSPS) is 17.7. The Hall–Kier alpha value is -1.54. The van der Waals surface area contributed by atoms with Gasteiger partial charge in [-0.15, -0.1) is 0 Å². The molecule has 0 saturated carbocycles. The van der Waals surface area contributed by atoms with E-state index in [2.05, 4.69) is 15.0 Å². The number of nitrogens with zero attached hydrogens (tertiary/aromatic N) is 1. The van der Waals surface area contributed by atoms with Crippen LogP contribution >= 0.6 is 0 Å². The third-order valence-corrected chi connectivity index (χ3v) is 6.43. The Morgan fingerprint density at radius 2 is 2.04 bits per heavy atom. The molecule has 1 aliphatic heterocycles. The average molecular weight is 363 g/mol. The number of aryl methyl sites for hydroxylation is 1. The van der Waals surface area contributed by atoms with Gasteiger partial charge in [0, 0.05) is 30.7 Å². The third-order valence-electron chi connectivity index (χ3n) is 4.97. The molecule has 0 aliphatic carbocycles. The summed E-state index contributed by atoms with van der Waals surface area (Å²) in [6, 6.07) is 7.03. The van der Waals surface area contributed by atoms with E-state index in [0.717, 1.165) is 37.0 Å². The summed E-state index contributed by atoms with van der Waals surface area (Å²) in [6.07, 6.45) is 3.46. The summed E-state index contributed by atoms with van der Waals surface area (Å²) in [5, 5.41) is 3.97. The molecule has 136 valence electrons. The quantitative estimate of drug-likeness (QED) is 0.819. The van der Waals surface area contributed by atoms with E-state index in [-0.39, 0.29) is 10.3 Å². The van der Waals surface area contributed by atoms with Crippen molar-refractivity contribution < 1.29 is 13.2 Å². The predicted octanol–water partition coefficient (Wildman–Crippen LogP) is 1.84. The fourth-order valence-corrected chi connectivity index (χ4v) is 4.84. The average Bonchev–Trinajstić information content (AvgIpc) is 2.62. The number of methoxy groups -OCH3 is 1. The van der Waals surface area contributed by atoms with Crippen molar-refractivity contribution in [3.8, 4) is 0 Å². The van der Waals surface area contributed by atoms with Gasteiger partial charge in [-0.1, -0.05) is 6.07 Å². The van der Waals surface area contributed by atoms with Crippen LogP contribution in [0.5, 0.6) is 0 Å². The number of hydrogen-bond acceptors (Lipinski definition) is 5. The number of sulfonamides is 1. The van der Waals surface area contributed by atoms with E-state index in [1.165, 1.54) is 0 Å². The molecule has 0 amide bonds. The van der Waals surface area contributed by atoms with Gasteiger partial charge in [0.25, 0.3) is 0 Å². The molecule has 1 aliphatic rings. The minimum Gasteiger partial charge on any atom is -0.384 e. The Kier molecular flexibility index (Phi) is 5.38. The first-order valence-electron chi connectivity index (χ1n) is 8.51. The molecule has 25 heavy (non-hydrogen) atoms. The zero-order valence-electron chi connectivity index (χ0n) is 14.7. The highest BCUT2D eigenvalue weighted by atomic mass is 32.2. The molecule has 0 radical (unpaired) electrons. The number of ether oxygens (including phenoxy) is 1. The summed E-state index contributed by atoms with van der Waals surface area (Å²) >= 11 is 0. The van der Waals surface area contributed by atoms with Crippen LogP contribution in [0.3, 0.4) is 0 Å². The van der Waals surface area contributed by atoms with Crippen LogP contribution in [0.1, 0.15) is 18.4 Å². The molecular formula is C18H25N3O3S. The summed E-state index contributed by atoms with van der Waals surface area (Å²) in [6.45, 7) is 4.61. The van der Waals surface area contributed by atoms with Gasteiger partial charge >= 0.3 is 0 Å². The van der Waals surface area contributed by atoms with Gasteiger partial charge in [-0.3, -0.25) is 4.98 Å². The number of benzene rings is 1. The molecule has 0 unspecified atom stereocenters. The number of rotatable bonds is 6. The number of fused-ring (bicyclic) bond motifs is 1. The Balaban J connectivity index is 1.88. The molecule has 0 bridgehead atoms. The summed E-state index contributed by atoms with van der Waals surface area (Å²) in [4.78, 5) is 4.61. The van der Waals surface area contributed by atoms with Crippen molar-refractivity contribution in [2.75, 3.05) is 33.4 Å². The van der Waals surface area contributed by atoms with E-state index >= 15 is 0 Å². The summed E-state index contributed by atoms with van der Waals surface area (Å²) < 4.78 is 34.1. The Morgan fingerprint density at radius 3 is 2.76 bits per heavy atom. The third kappa shape index (κ3) is 3.84. The lowest BCUT2D eigenvalue weighted by Crippen LogP contribution is -2.47. The highest BCUT2D eigenvalue weighted by Crippen LogP contribution is 2.30. The maximum absolute atomic E-state index is 13.0. The van der Waals surface area contributed by atoms with Crippen LogP contribution in [0, 0.1) is 12.3 Å². The van der Waals surface area contributed by atoms with Gasteiger partial charge in [0.2, 0.25) is 10.0 Å². The lowest BCUT2D eigenvalue weighted by molar-refractivity contribution is 0.0577. The van der Waals surface area contributed by atoms with Crippen LogP contribution in [-0.4, -0.2) is 46.8 Å². The molecule has 2 N–H and O–H groups in total. The Labute approximate surface area is 149 Å². The Bertz CT molecular complexity index is 840. The molecule has 0 spiro atoms. The van der Waals surface area contributed by atoms with E-state index in [4.69, 9.17) is 4.74 Å². The minimum atomic E-state index is -3.63. The highest BCUT2D eigenvalue weighted by Gasteiger charge is 2.34. The molecule has 1 saturated heterocycles. The summed E-state index contributed by atoms with van der Waals surface area (Å²) in [5.74, 6) is 0. The van der Waals surface area contributed by atoms with Crippen molar-refractivity contribution in [1.82, 2.24) is 15.0 Å². The molecule has 1 fully saturated rings. The maximum Gasteiger partial charge on any atom is 0.241 e.